The van der Waals surface area contributed by atoms with E-state index in [0.29, 0.717) is 16.5 Å². The summed E-state index contributed by atoms with van der Waals surface area (Å²) in [4.78, 5) is 11.9. The van der Waals surface area contributed by atoms with E-state index in [1.807, 2.05) is 6.07 Å². The van der Waals surface area contributed by atoms with Gasteiger partial charge < -0.3 is 14.9 Å². The molecule has 4 rings (SSSR count). The normalized spacial score (nSPS) is 16.5. The SMILES string of the molecule is O=C1OC(c2c(O)cc3ccccc3c2O)c2ccccc21. The fourth-order valence-electron chi connectivity index (χ4n) is 2.95. The molecule has 1 heterocycles. The van der Waals surface area contributed by atoms with Crippen LogP contribution in [0.4, 0.5) is 0 Å². The van der Waals surface area contributed by atoms with Gasteiger partial charge in [-0.05, 0) is 17.5 Å². The van der Waals surface area contributed by atoms with Crippen molar-refractivity contribution in [2.45, 2.75) is 6.10 Å². The summed E-state index contributed by atoms with van der Waals surface area (Å²) in [6.45, 7) is 0. The van der Waals surface area contributed by atoms with E-state index in [0.717, 1.165) is 5.39 Å². The van der Waals surface area contributed by atoms with Crippen molar-refractivity contribution in [1.82, 2.24) is 0 Å². The van der Waals surface area contributed by atoms with Gasteiger partial charge in [-0.2, -0.15) is 0 Å². The summed E-state index contributed by atoms with van der Waals surface area (Å²) in [5, 5.41) is 22.2. The average Bonchev–Trinajstić information content (AvgIpc) is 2.85. The fraction of sp³-hybridized carbons (Fsp3) is 0.0556. The highest BCUT2D eigenvalue weighted by atomic mass is 16.5. The van der Waals surface area contributed by atoms with E-state index in [1.54, 1.807) is 48.5 Å². The quantitative estimate of drug-likeness (QED) is 0.673. The molecule has 0 aromatic heterocycles. The molecule has 3 aromatic rings. The lowest BCUT2D eigenvalue weighted by Gasteiger charge is -2.16. The Morgan fingerprint density at radius 1 is 0.955 bits per heavy atom. The lowest BCUT2D eigenvalue weighted by atomic mass is 9.95. The maximum atomic E-state index is 11.9. The number of phenolic OH excluding ortho intramolecular Hbond substituents is 2. The number of phenols is 2. The molecule has 0 bridgehead atoms. The summed E-state index contributed by atoms with van der Waals surface area (Å²) in [5.41, 5.74) is 1.32. The molecular formula is C18H12O4. The molecule has 0 saturated carbocycles. The van der Waals surface area contributed by atoms with Crippen molar-refractivity contribution in [2.24, 2.45) is 0 Å². The number of carbonyl (C=O) groups is 1. The van der Waals surface area contributed by atoms with E-state index < -0.39 is 12.1 Å². The van der Waals surface area contributed by atoms with Crippen molar-refractivity contribution in [2.75, 3.05) is 0 Å². The molecule has 1 aliphatic heterocycles. The van der Waals surface area contributed by atoms with Crippen molar-refractivity contribution in [3.63, 3.8) is 0 Å². The van der Waals surface area contributed by atoms with Crippen LogP contribution in [0.1, 0.15) is 27.6 Å². The summed E-state index contributed by atoms with van der Waals surface area (Å²) in [6.07, 6.45) is -0.798. The van der Waals surface area contributed by atoms with Gasteiger partial charge in [0.1, 0.15) is 11.5 Å². The molecule has 1 unspecified atom stereocenters. The number of benzene rings is 3. The minimum atomic E-state index is -0.798. The van der Waals surface area contributed by atoms with E-state index in [4.69, 9.17) is 4.74 Å². The van der Waals surface area contributed by atoms with E-state index in [1.165, 1.54) is 0 Å². The van der Waals surface area contributed by atoms with Crippen molar-refractivity contribution >= 4 is 16.7 Å². The zero-order chi connectivity index (χ0) is 15.3. The Balaban J connectivity index is 1.98. The number of fused-ring (bicyclic) bond motifs is 2. The number of ether oxygens (including phenoxy) is 1. The summed E-state index contributed by atoms with van der Waals surface area (Å²) in [5.74, 6) is -0.608. The minimum absolute atomic E-state index is 0.0647. The fourth-order valence-corrected chi connectivity index (χ4v) is 2.95. The smallest absolute Gasteiger partial charge is 0.339 e. The third-order valence-corrected chi connectivity index (χ3v) is 3.99. The maximum Gasteiger partial charge on any atom is 0.339 e. The van der Waals surface area contributed by atoms with Gasteiger partial charge in [-0.3, -0.25) is 0 Å². The van der Waals surface area contributed by atoms with Gasteiger partial charge in [-0.1, -0.05) is 42.5 Å². The Kier molecular flexibility index (Phi) is 2.60. The zero-order valence-corrected chi connectivity index (χ0v) is 11.5. The Labute approximate surface area is 126 Å². The highest BCUT2D eigenvalue weighted by Crippen LogP contribution is 2.46. The first kappa shape index (κ1) is 12.7. The van der Waals surface area contributed by atoms with Gasteiger partial charge in [0.15, 0.2) is 6.10 Å². The standard InChI is InChI=1S/C18H12O4/c19-14-9-10-5-1-2-6-11(10)16(20)15(14)17-12-7-3-4-8-13(12)18(21)22-17/h1-9,17,19-20H. The van der Waals surface area contributed by atoms with Crippen molar-refractivity contribution in [1.29, 1.82) is 0 Å². The van der Waals surface area contributed by atoms with E-state index in [2.05, 4.69) is 0 Å². The Bertz CT molecular complexity index is 914. The van der Waals surface area contributed by atoms with Crippen molar-refractivity contribution in [3.8, 4) is 11.5 Å². The predicted octanol–water partition coefficient (Wildman–Crippen LogP) is 3.51. The van der Waals surface area contributed by atoms with Gasteiger partial charge in [0.2, 0.25) is 0 Å². The summed E-state index contributed by atoms with van der Waals surface area (Å²) in [7, 11) is 0. The second-order valence-corrected chi connectivity index (χ2v) is 5.25. The number of hydrogen-bond acceptors (Lipinski definition) is 4. The molecule has 4 nitrogen and oxygen atoms in total. The van der Waals surface area contributed by atoms with Gasteiger partial charge in [0.05, 0.1) is 11.1 Å². The second-order valence-electron chi connectivity index (χ2n) is 5.25. The topological polar surface area (TPSA) is 66.8 Å². The molecule has 2 N–H and O–H groups in total. The number of aromatic hydroxyl groups is 2. The average molecular weight is 292 g/mol. The molecule has 4 heteroatoms. The van der Waals surface area contributed by atoms with Crippen molar-refractivity contribution < 1.29 is 19.7 Å². The van der Waals surface area contributed by atoms with Crippen LogP contribution in [0.5, 0.6) is 11.5 Å². The van der Waals surface area contributed by atoms with Crippen LogP contribution in [0.2, 0.25) is 0 Å². The van der Waals surface area contributed by atoms with Crippen LogP contribution in [0.25, 0.3) is 10.8 Å². The first-order chi connectivity index (χ1) is 10.7. The largest absolute Gasteiger partial charge is 0.507 e. The van der Waals surface area contributed by atoms with Crippen LogP contribution in [0, 0.1) is 0 Å². The highest BCUT2D eigenvalue weighted by Gasteiger charge is 2.35. The van der Waals surface area contributed by atoms with E-state index in [-0.39, 0.29) is 17.1 Å². The second kappa shape index (κ2) is 4.49. The highest BCUT2D eigenvalue weighted by molar-refractivity contribution is 5.96. The number of rotatable bonds is 1. The van der Waals surface area contributed by atoms with Gasteiger partial charge in [0.25, 0.3) is 0 Å². The monoisotopic (exact) mass is 292 g/mol. The third kappa shape index (κ3) is 1.67. The van der Waals surface area contributed by atoms with Crippen LogP contribution >= 0.6 is 0 Å². The molecule has 0 spiro atoms. The van der Waals surface area contributed by atoms with Crippen LogP contribution < -0.4 is 0 Å². The van der Waals surface area contributed by atoms with Gasteiger partial charge in [-0.15, -0.1) is 0 Å². The summed E-state index contributed by atoms with van der Waals surface area (Å²) >= 11 is 0. The third-order valence-electron chi connectivity index (χ3n) is 3.99. The maximum absolute atomic E-state index is 11.9. The molecule has 3 aromatic carbocycles. The first-order valence-electron chi connectivity index (χ1n) is 6.90. The summed E-state index contributed by atoms with van der Waals surface area (Å²) in [6, 6.07) is 15.7. The molecule has 0 radical (unpaired) electrons. The molecule has 0 amide bonds. The number of carbonyl (C=O) groups excluding carboxylic acids is 1. The van der Waals surface area contributed by atoms with Crippen LogP contribution in [0.15, 0.2) is 54.6 Å². The molecule has 0 fully saturated rings. The first-order valence-corrected chi connectivity index (χ1v) is 6.90. The van der Waals surface area contributed by atoms with Gasteiger partial charge >= 0.3 is 5.97 Å². The molecular weight excluding hydrogens is 280 g/mol. The minimum Gasteiger partial charge on any atom is -0.507 e. The molecule has 0 saturated heterocycles. The predicted molar refractivity (Wildman–Crippen MR) is 81.0 cm³/mol. The zero-order valence-electron chi connectivity index (χ0n) is 11.5. The number of cyclic esters (lactones) is 1. The molecule has 0 aliphatic carbocycles. The lowest BCUT2D eigenvalue weighted by molar-refractivity contribution is 0.0450. The lowest BCUT2D eigenvalue weighted by Crippen LogP contribution is -2.02. The van der Waals surface area contributed by atoms with Crippen LogP contribution in [0.3, 0.4) is 0 Å². The van der Waals surface area contributed by atoms with E-state index >= 15 is 0 Å². The van der Waals surface area contributed by atoms with Crippen molar-refractivity contribution in [3.05, 3.63) is 71.3 Å². The van der Waals surface area contributed by atoms with E-state index in [9.17, 15) is 15.0 Å². The van der Waals surface area contributed by atoms with Gasteiger partial charge in [-0.25, -0.2) is 4.79 Å². The van der Waals surface area contributed by atoms with Gasteiger partial charge in [0, 0.05) is 10.9 Å². The number of hydrogen-bond donors (Lipinski definition) is 2. The van der Waals surface area contributed by atoms with Crippen LogP contribution in [-0.4, -0.2) is 16.2 Å². The Morgan fingerprint density at radius 2 is 1.68 bits per heavy atom. The Hall–Kier alpha value is -3.01. The number of esters is 1. The molecule has 22 heavy (non-hydrogen) atoms. The molecule has 1 atom stereocenters. The van der Waals surface area contributed by atoms with Crippen LogP contribution in [-0.2, 0) is 4.74 Å². The summed E-state index contributed by atoms with van der Waals surface area (Å²) < 4.78 is 5.37. The molecule has 1 aliphatic rings. The Morgan fingerprint density at radius 3 is 2.55 bits per heavy atom. The molecule has 108 valence electrons.